The minimum absolute atomic E-state index is 0.0130. The Balaban J connectivity index is 1.59. The number of morpholine rings is 1. The van der Waals surface area contributed by atoms with E-state index < -0.39 is 5.82 Å². The number of hydrogen-bond donors (Lipinski definition) is 0. The van der Waals surface area contributed by atoms with Crippen LogP contribution in [-0.4, -0.2) is 74.0 Å². The van der Waals surface area contributed by atoms with Crippen molar-refractivity contribution in [3.05, 3.63) is 70.5 Å². The monoisotopic (exact) mass is 522 g/mol. The van der Waals surface area contributed by atoms with E-state index in [1.807, 2.05) is 17.9 Å². The SMILES string of the molecule is CCCOc1ccc(F)c(C(=O)/C(=C\CCCN2CCOCC2)c2ccc(C(=O)N3CCCC3)cc2)c1C. The normalized spacial score (nSPS) is 16.6. The highest BCUT2D eigenvalue weighted by atomic mass is 19.1. The Labute approximate surface area is 225 Å². The molecule has 204 valence electrons. The first-order valence-corrected chi connectivity index (χ1v) is 13.9. The molecule has 0 aliphatic carbocycles. The summed E-state index contributed by atoms with van der Waals surface area (Å²) in [5.41, 5.74) is 2.27. The number of carbonyl (C=O) groups excluding carboxylic acids is 2. The van der Waals surface area contributed by atoms with Gasteiger partial charge in [-0.15, -0.1) is 0 Å². The summed E-state index contributed by atoms with van der Waals surface area (Å²) in [6.07, 6.45) is 6.35. The van der Waals surface area contributed by atoms with Crippen molar-refractivity contribution in [2.75, 3.05) is 52.5 Å². The summed E-state index contributed by atoms with van der Waals surface area (Å²) in [4.78, 5) is 30.9. The molecular formula is C31H39FN2O4. The second kappa shape index (κ2) is 13.7. The van der Waals surface area contributed by atoms with Gasteiger partial charge in [-0.05, 0) is 75.4 Å². The first-order valence-electron chi connectivity index (χ1n) is 13.9. The molecule has 2 saturated heterocycles. The molecule has 1 amide bonds. The van der Waals surface area contributed by atoms with Crippen LogP contribution in [-0.2, 0) is 4.74 Å². The zero-order valence-corrected chi connectivity index (χ0v) is 22.6. The number of Topliss-reactive ketones (excluding diaryl/α,β-unsaturated/α-hetero) is 1. The zero-order chi connectivity index (χ0) is 26.9. The summed E-state index contributed by atoms with van der Waals surface area (Å²) in [6.45, 7) is 10.0. The number of amides is 1. The largest absolute Gasteiger partial charge is 0.493 e. The molecule has 0 atom stereocenters. The van der Waals surface area contributed by atoms with Crippen LogP contribution in [0.25, 0.3) is 5.57 Å². The predicted octanol–water partition coefficient (Wildman–Crippen LogP) is 5.54. The van der Waals surface area contributed by atoms with Crippen molar-refractivity contribution in [1.82, 2.24) is 9.80 Å². The summed E-state index contributed by atoms with van der Waals surface area (Å²) in [7, 11) is 0. The van der Waals surface area contributed by atoms with E-state index in [9.17, 15) is 9.59 Å². The highest BCUT2D eigenvalue weighted by molar-refractivity contribution is 6.29. The van der Waals surface area contributed by atoms with Gasteiger partial charge in [0.15, 0.2) is 5.78 Å². The molecule has 4 rings (SSSR count). The van der Waals surface area contributed by atoms with Gasteiger partial charge in [0.25, 0.3) is 5.91 Å². The number of carbonyl (C=O) groups is 2. The maximum Gasteiger partial charge on any atom is 0.253 e. The summed E-state index contributed by atoms with van der Waals surface area (Å²) in [6, 6.07) is 10.0. The molecule has 2 heterocycles. The van der Waals surface area contributed by atoms with Crippen LogP contribution in [0.5, 0.6) is 5.75 Å². The van der Waals surface area contributed by atoms with E-state index in [0.717, 1.165) is 71.6 Å². The van der Waals surface area contributed by atoms with Gasteiger partial charge in [-0.1, -0.05) is 25.1 Å². The van der Waals surface area contributed by atoms with Crippen LogP contribution in [0.2, 0.25) is 0 Å². The fraction of sp³-hybridized carbons (Fsp3) is 0.484. The van der Waals surface area contributed by atoms with Crippen LogP contribution >= 0.6 is 0 Å². The number of halogens is 1. The van der Waals surface area contributed by atoms with E-state index in [4.69, 9.17) is 9.47 Å². The lowest BCUT2D eigenvalue weighted by Crippen LogP contribution is -2.36. The highest BCUT2D eigenvalue weighted by Gasteiger charge is 2.24. The van der Waals surface area contributed by atoms with Crippen LogP contribution in [0.1, 0.15) is 70.9 Å². The lowest BCUT2D eigenvalue weighted by Gasteiger charge is -2.26. The van der Waals surface area contributed by atoms with Crippen molar-refractivity contribution in [2.45, 2.75) is 46.0 Å². The number of unbranched alkanes of at least 4 members (excludes halogenated alkanes) is 1. The molecular weight excluding hydrogens is 483 g/mol. The quantitative estimate of drug-likeness (QED) is 0.220. The highest BCUT2D eigenvalue weighted by Crippen LogP contribution is 2.30. The third-order valence-electron chi connectivity index (χ3n) is 7.26. The van der Waals surface area contributed by atoms with E-state index in [0.29, 0.717) is 41.0 Å². The van der Waals surface area contributed by atoms with Gasteiger partial charge in [0.2, 0.25) is 0 Å². The fourth-order valence-corrected chi connectivity index (χ4v) is 5.06. The number of ether oxygens (including phenoxy) is 2. The number of nitrogens with zero attached hydrogens (tertiary/aromatic N) is 2. The topological polar surface area (TPSA) is 59.1 Å². The van der Waals surface area contributed by atoms with E-state index in [2.05, 4.69) is 4.90 Å². The molecule has 2 aromatic carbocycles. The van der Waals surface area contributed by atoms with Crippen LogP contribution in [0, 0.1) is 12.7 Å². The number of allylic oxidation sites excluding steroid dienone is 2. The Hall–Kier alpha value is -3.03. The molecule has 38 heavy (non-hydrogen) atoms. The van der Waals surface area contributed by atoms with Gasteiger partial charge in [-0.3, -0.25) is 14.5 Å². The molecule has 2 fully saturated rings. The smallest absolute Gasteiger partial charge is 0.253 e. The minimum atomic E-state index is -0.559. The van der Waals surface area contributed by atoms with E-state index in [1.165, 1.54) is 6.07 Å². The second-order valence-electron chi connectivity index (χ2n) is 10.0. The van der Waals surface area contributed by atoms with Crippen molar-refractivity contribution in [3.8, 4) is 5.75 Å². The first-order chi connectivity index (χ1) is 18.5. The molecule has 6 nitrogen and oxygen atoms in total. The third-order valence-corrected chi connectivity index (χ3v) is 7.26. The van der Waals surface area contributed by atoms with Crippen LogP contribution in [0.4, 0.5) is 4.39 Å². The number of benzene rings is 2. The number of likely N-dealkylation sites (tertiary alicyclic amines) is 1. The standard InChI is InChI=1S/C31H39FN2O4/c1-3-20-38-28-14-13-27(32)29(23(28)2)30(35)26(8-4-5-15-33-18-21-37-22-19-33)24-9-11-25(12-10-24)31(36)34-16-6-7-17-34/h8-14H,3-7,15-22H2,1-2H3/b26-8-. The van der Waals surface area contributed by atoms with Gasteiger partial charge in [0.05, 0.1) is 25.4 Å². The molecule has 2 aromatic rings. The molecule has 2 aliphatic rings. The Kier molecular flexibility index (Phi) is 10.1. The molecule has 0 spiro atoms. The summed E-state index contributed by atoms with van der Waals surface area (Å²) in [5.74, 6) is -0.391. The number of ketones is 1. The fourth-order valence-electron chi connectivity index (χ4n) is 5.06. The summed E-state index contributed by atoms with van der Waals surface area (Å²) in [5, 5.41) is 0. The van der Waals surface area contributed by atoms with Crippen molar-refractivity contribution in [3.63, 3.8) is 0 Å². The van der Waals surface area contributed by atoms with Crippen molar-refractivity contribution >= 4 is 17.3 Å². The van der Waals surface area contributed by atoms with Crippen molar-refractivity contribution < 1.29 is 23.5 Å². The van der Waals surface area contributed by atoms with Gasteiger partial charge in [0.1, 0.15) is 11.6 Å². The van der Waals surface area contributed by atoms with Gasteiger partial charge in [0, 0.05) is 42.9 Å². The zero-order valence-electron chi connectivity index (χ0n) is 22.6. The Morgan fingerprint density at radius 1 is 1.00 bits per heavy atom. The molecule has 0 bridgehead atoms. The molecule has 0 N–H and O–H groups in total. The predicted molar refractivity (Wildman–Crippen MR) is 147 cm³/mol. The molecule has 0 radical (unpaired) electrons. The molecule has 0 unspecified atom stereocenters. The van der Waals surface area contributed by atoms with Crippen LogP contribution in [0.3, 0.4) is 0 Å². The van der Waals surface area contributed by atoms with Gasteiger partial charge in [-0.25, -0.2) is 4.39 Å². The average Bonchev–Trinajstić information content (AvgIpc) is 3.48. The molecule has 7 heteroatoms. The lowest BCUT2D eigenvalue weighted by molar-refractivity contribution is 0.0375. The van der Waals surface area contributed by atoms with Gasteiger partial charge >= 0.3 is 0 Å². The van der Waals surface area contributed by atoms with Crippen molar-refractivity contribution in [2.24, 2.45) is 0 Å². The molecule has 0 saturated carbocycles. The Bertz CT molecular complexity index is 1130. The van der Waals surface area contributed by atoms with Gasteiger partial charge in [-0.2, -0.15) is 0 Å². The van der Waals surface area contributed by atoms with Crippen LogP contribution in [0.15, 0.2) is 42.5 Å². The summed E-state index contributed by atoms with van der Waals surface area (Å²) < 4.78 is 26.3. The lowest BCUT2D eigenvalue weighted by atomic mass is 9.91. The minimum Gasteiger partial charge on any atom is -0.493 e. The van der Waals surface area contributed by atoms with E-state index >= 15 is 4.39 Å². The summed E-state index contributed by atoms with van der Waals surface area (Å²) >= 11 is 0. The van der Waals surface area contributed by atoms with E-state index in [-0.39, 0.29) is 17.3 Å². The maximum absolute atomic E-state index is 15.1. The van der Waals surface area contributed by atoms with E-state index in [1.54, 1.807) is 37.3 Å². The first kappa shape index (κ1) is 28.0. The van der Waals surface area contributed by atoms with Gasteiger partial charge < -0.3 is 14.4 Å². The molecule has 0 aromatic heterocycles. The number of rotatable bonds is 11. The maximum atomic E-state index is 15.1. The third kappa shape index (κ3) is 6.88. The Morgan fingerprint density at radius 2 is 1.68 bits per heavy atom. The second-order valence-corrected chi connectivity index (χ2v) is 10.0. The average molecular weight is 523 g/mol. The number of hydrogen-bond acceptors (Lipinski definition) is 5. The van der Waals surface area contributed by atoms with Crippen molar-refractivity contribution in [1.29, 1.82) is 0 Å². The van der Waals surface area contributed by atoms with Crippen LogP contribution < -0.4 is 4.74 Å². The Morgan fingerprint density at radius 3 is 2.37 bits per heavy atom. The molecule has 2 aliphatic heterocycles.